The number of nitrogens with one attached hydrogen (secondary N) is 2. The average Bonchev–Trinajstić information content (AvgIpc) is 2.72. The van der Waals surface area contributed by atoms with Crippen LogP contribution in [0.1, 0.15) is 5.56 Å². The van der Waals surface area contributed by atoms with Crippen LogP contribution in [0.2, 0.25) is 5.02 Å². The Bertz CT molecular complexity index is 1010. The van der Waals surface area contributed by atoms with Gasteiger partial charge in [0, 0.05) is 24.0 Å². The highest BCUT2D eigenvalue weighted by molar-refractivity contribution is 6.31. The molecule has 7 nitrogen and oxygen atoms in total. The number of aromatic nitrogens is 1. The van der Waals surface area contributed by atoms with E-state index in [0.717, 1.165) is 16.5 Å². The van der Waals surface area contributed by atoms with Gasteiger partial charge < -0.3 is 15.0 Å². The lowest BCUT2D eigenvalue weighted by atomic mass is 10.2. The van der Waals surface area contributed by atoms with Crippen LogP contribution in [0, 0.1) is 0 Å². The molecule has 150 valence electrons. The summed E-state index contributed by atoms with van der Waals surface area (Å²) in [6, 6.07) is 16.4. The first kappa shape index (κ1) is 20.4. The summed E-state index contributed by atoms with van der Waals surface area (Å²) in [5.74, 6) is 0. The largest absolute Gasteiger partial charge is 0.447 e. The molecule has 0 bridgehead atoms. The fraction of sp³-hybridized carbons (Fsp3) is 0.190. The maximum absolute atomic E-state index is 12.1. The van der Waals surface area contributed by atoms with Crippen molar-refractivity contribution in [3.05, 3.63) is 71.4 Å². The van der Waals surface area contributed by atoms with Crippen LogP contribution in [0.15, 0.2) is 60.8 Å². The van der Waals surface area contributed by atoms with E-state index in [4.69, 9.17) is 16.3 Å². The molecule has 0 aliphatic heterocycles. The fourth-order valence-corrected chi connectivity index (χ4v) is 2.82. The molecule has 0 atom stereocenters. The van der Waals surface area contributed by atoms with Gasteiger partial charge in [0.15, 0.2) is 0 Å². The highest BCUT2D eigenvalue weighted by atomic mass is 35.5. The number of benzene rings is 2. The number of anilines is 1. The molecular formula is C21H21ClN4O3. The molecule has 0 aliphatic rings. The van der Waals surface area contributed by atoms with Crippen molar-refractivity contribution in [3.63, 3.8) is 0 Å². The first-order valence-electron chi connectivity index (χ1n) is 9.04. The molecule has 0 saturated carbocycles. The van der Waals surface area contributed by atoms with Gasteiger partial charge in [-0.2, -0.15) is 0 Å². The number of hydrogen-bond donors (Lipinski definition) is 2. The number of urea groups is 1. The molecule has 8 heteroatoms. The second-order valence-corrected chi connectivity index (χ2v) is 6.76. The third kappa shape index (κ3) is 5.83. The predicted octanol–water partition coefficient (Wildman–Crippen LogP) is 4.28. The van der Waals surface area contributed by atoms with Gasteiger partial charge in [-0.15, -0.1) is 0 Å². The average molecular weight is 413 g/mol. The lowest BCUT2D eigenvalue weighted by Gasteiger charge is -2.18. The lowest BCUT2D eigenvalue weighted by Crippen LogP contribution is -2.39. The van der Waals surface area contributed by atoms with E-state index in [1.807, 2.05) is 48.5 Å². The van der Waals surface area contributed by atoms with Crippen molar-refractivity contribution in [3.8, 4) is 0 Å². The van der Waals surface area contributed by atoms with Crippen molar-refractivity contribution >= 4 is 40.3 Å². The van der Waals surface area contributed by atoms with Gasteiger partial charge in [0.1, 0.15) is 6.61 Å². The second-order valence-electron chi connectivity index (χ2n) is 6.35. The Morgan fingerprint density at radius 3 is 2.72 bits per heavy atom. The van der Waals surface area contributed by atoms with Crippen molar-refractivity contribution in [1.82, 2.24) is 15.2 Å². The number of halogens is 1. The van der Waals surface area contributed by atoms with Gasteiger partial charge in [-0.25, -0.2) is 9.59 Å². The SMILES string of the molecule is CN(CCOC(=O)Nc1cnc2ccccc2c1)C(=O)NCc1ccccc1Cl. The molecular weight excluding hydrogens is 392 g/mol. The summed E-state index contributed by atoms with van der Waals surface area (Å²) >= 11 is 6.07. The minimum atomic E-state index is -0.605. The van der Waals surface area contributed by atoms with Gasteiger partial charge in [-0.3, -0.25) is 10.3 Å². The number of hydrogen-bond acceptors (Lipinski definition) is 4. The number of carbonyl (C=O) groups is 2. The van der Waals surface area contributed by atoms with E-state index in [1.165, 1.54) is 4.90 Å². The molecule has 0 unspecified atom stereocenters. The zero-order chi connectivity index (χ0) is 20.6. The van der Waals surface area contributed by atoms with Crippen molar-refractivity contribution < 1.29 is 14.3 Å². The Morgan fingerprint density at radius 1 is 1.14 bits per heavy atom. The lowest BCUT2D eigenvalue weighted by molar-refractivity contribution is 0.146. The second kappa shape index (κ2) is 9.75. The number of amides is 3. The molecule has 3 rings (SSSR count). The molecule has 0 fully saturated rings. The highest BCUT2D eigenvalue weighted by Gasteiger charge is 2.10. The molecule has 1 aromatic heterocycles. The van der Waals surface area contributed by atoms with E-state index < -0.39 is 6.09 Å². The number of pyridine rings is 1. The van der Waals surface area contributed by atoms with Gasteiger partial charge in [-0.1, -0.05) is 48.0 Å². The molecule has 2 N–H and O–H groups in total. The number of rotatable bonds is 6. The zero-order valence-corrected chi connectivity index (χ0v) is 16.6. The maximum Gasteiger partial charge on any atom is 0.411 e. The quantitative estimate of drug-likeness (QED) is 0.633. The van der Waals surface area contributed by atoms with Gasteiger partial charge in [0.05, 0.1) is 23.9 Å². The molecule has 0 saturated heterocycles. The fourth-order valence-electron chi connectivity index (χ4n) is 2.62. The Labute approximate surface area is 173 Å². The summed E-state index contributed by atoms with van der Waals surface area (Å²) in [6.45, 7) is 0.625. The number of fused-ring (bicyclic) bond motifs is 1. The third-order valence-electron chi connectivity index (χ3n) is 4.23. The van der Waals surface area contributed by atoms with Crippen molar-refractivity contribution in [2.45, 2.75) is 6.54 Å². The van der Waals surface area contributed by atoms with Gasteiger partial charge >= 0.3 is 12.1 Å². The minimum absolute atomic E-state index is 0.0584. The zero-order valence-electron chi connectivity index (χ0n) is 15.9. The van der Waals surface area contributed by atoms with E-state index in [1.54, 1.807) is 19.3 Å². The van der Waals surface area contributed by atoms with Crippen LogP contribution in [0.4, 0.5) is 15.3 Å². The van der Waals surface area contributed by atoms with Gasteiger partial charge in [-0.05, 0) is 23.8 Å². The summed E-state index contributed by atoms with van der Waals surface area (Å²) in [5.41, 5.74) is 2.21. The molecule has 0 radical (unpaired) electrons. The van der Waals surface area contributed by atoms with E-state index in [2.05, 4.69) is 15.6 Å². The molecule has 3 aromatic rings. The van der Waals surface area contributed by atoms with Crippen LogP contribution in [0.5, 0.6) is 0 Å². The van der Waals surface area contributed by atoms with Crippen LogP contribution in [-0.2, 0) is 11.3 Å². The Hall–Kier alpha value is -3.32. The van der Waals surface area contributed by atoms with E-state index in [0.29, 0.717) is 17.3 Å². The summed E-state index contributed by atoms with van der Waals surface area (Å²) in [4.78, 5) is 29.8. The molecule has 3 amide bonds. The van der Waals surface area contributed by atoms with E-state index >= 15 is 0 Å². The van der Waals surface area contributed by atoms with Crippen molar-refractivity contribution in [2.75, 3.05) is 25.5 Å². The predicted molar refractivity (Wildman–Crippen MR) is 113 cm³/mol. The number of ether oxygens (including phenoxy) is 1. The van der Waals surface area contributed by atoms with Gasteiger partial charge in [0.2, 0.25) is 0 Å². The molecule has 2 aromatic carbocycles. The smallest absolute Gasteiger partial charge is 0.411 e. The molecule has 29 heavy (non-hydrogen) atoms. The minimum Gasteiger partial charge on any atom is -0.447 e. The first-order valence-corrected chi connectivity index (χ1v) is 9.41. The molecule has 0 aliphatic carbocycles. The van der Waals surface area contributed by atoms with Crippen LogP contribution < -0.4 is 10.6 Å². The summed E-state index contributed by atoms with van der Waals surface area (Å²) < 4.78 is 5.14. The standard InChI is InChI=1S/C21H21ClN4O3/c1-26(20(27)24-13-16-7-2-4-8-18(16)22)10-11-29-21(28)25-17-12-15-6-3-5-9-19(15)23-14-17/h2-9,12,14H,10-11,13H2,1H3,(H,24,27)(H,25,28). The number of para-hydroxylation sites is 1. The number of nitrogens with zero attached hydrogens (tertiary/aromatic N) is 2. The van der Waals surface area contributed by atoms with Crippen LogP contribution in [0.3, 0.4) is 0 Å². The van der Waals surface area contributed by atoms with Crippen molar-refractivity contribution in [2.24, 2.45) is 0 Å². The van der Waals surface area contributed by atoms with Crippen molar-refractivity contribution in [1.29, 1.82) is 0 Å². The highest BCUT2D eigenvalue weighted by Crippen LogP contribution is 2.16. The molecule has 0 spiro atoms. The van der Waals surface area contributed by atoms with Crippen LogP contribution in [-0.4, -0.2) is 42.2 Å². The Balaban J connectivity index is 1.40. The number of carbonyl (C=O) groups excluding carboxylic acids is 2. The monoisotopic (exact) mass is 412 g/mol. The normalized spacial score (nSPS) is 10.4. The summed E-state index contributed by atoms with van der Waals surface area (Å²) in [7, 11) is 1.62. The van der Waals surface area contributed by atoms with Gasteiger partial charge in [0.25, 0.3) is 0 Å². The maximum atomic E-state index is 12.1. The summed E-state index contributed by atoms with van der Waals surface area (Å²) in [6.07, 6.45) is 0.963. The third-order valence-corrected chi connectivity index (χ3v) is 4.60. The van der Waals surface area contributed by atoms with Crippen LogP contribution in [0.25, 0.3) is 10.9 Å². The number of likely N-dealkylation sites (N-methyl/N-ethyl adjacent to an activating group) is 1. The Morgan fingerprint density at radius 2 is 1.90 bits per heavy atom. The summed E-state index contributed by atoms with van der Waals surface area (Å²) in [5, 5.41) is 6.92. The molecule has 1 heterocycles. The van der Waals surface area contributed by atoms with E-state index in [9.17, 15) is 9.59 Å². The first-order chi connectivity index (χ1) is 14.0. The van der Waals surface area contributed by atoms with E-state index in [-0.39, 0.29) is 19.2 Å². The topological polar surface area (TPSA) is 83.6 Å². The van der Waals surface area contributed by atoms with Crippen LogP contribution >= 0.6 is 11.6 Å². The Kier molecular flexibility index (Phi) is 6.86.